The van der Waals surface area contributed by atoms with Crippen molar-refractivity contribution in [3.8, 4) is 6.07 Å². The SMILES string of the molecule is N#CC(NC(c1ccccc1)c1ccccc1)c1ccccc1[N+](=O)[O-]. The van der Waals surface area contributed by atoms with Gasteiger partial charge >= 0.3 is 0 Å². The third kappa shape index (κ3) is 3.77. The number of nitro groups is 1. The minimum atomic E-state index is -0.818. The third-order valence-electron chi connectivity index (χ3n) is 4.17. The monoisotopic (exact) mass is 343 g/mol. The Morgan fingerprint density at radius 1 is 0.846 bits per heavy atom. The standard InChI is InChI=1S/C21H17N3O2/c22-15-19(18-13-7-8-14-20(18)24(25)26)23-21(16-9-3-1-4-10-16)17-11-5-2-6-12-17/h1-14,19,21,23H. The summed E-state index contributed by atoms with van der Waals surface area (Å²) >= 11 is 0. The number of para-hydroxylation sites is 1. The molecule has 0 radical (unpaired) electrons. The Morgan fingerprint density at radius 2 is 1.35 bits per heavy atom. The van der Waals surface area contributed by atoms with Crippen LogP contribution < -0.4 is 5.32 Å². The van der Waals surface area contributed by atoms with E-state index in [0.29, 0.717) is 5.56 Å². The van der Waals surface area contributed by atoms with Gasteiger partial charge in [-0.15, -0.1) is 0 Å². The molecule has 5 nitrogen and oxygen atoms in total. The Hall–Kier alpha value is -3.49. The normalized spacial score (nSPS) is 11.7. The summed E-state index contributed by atoms with van der Waals surface area (Å²) in [5.74, 6) is 0. The number of nitrogens with one attached hydrogen (secondary N) is 1. The number of rotatable bonds is 6. The quantitative estimate of drug-likeness (QED) is 0.526. The summed E-state index contributed by atoms with van der Waals surface area (Å²) in [5.41, 5.74) is 2.26. The molecule has 128 valence electrons. The van der Waals surface area contributed by atoms with Crippen LogP contribution in [-0.2, 0) is 0 Å². The lowest BCUT2D eigenvalue weighted by Crippen LogP contribution is -2.27. The minimum absolute atomic E-state index is 0.0635. The van der Waals surface area contributed by atoms with Crippen molar-refractivity contribution in [2.24, 2.45) is 0 Å². The topological polar surface area (TPSA) is 79.0 Å². The molecule has 0 saturated heterocycles. The van der Waals surface area contributed by atoms with Crippen molar-refractivity contribution in [1.82, 2.24) is 5.32 Å². The van der Waals surface area contributed by atoms with Crippen molar-refractivity contribution in [1.29, 1.82) is 5.26 Å². The Balaban J connectivity index is 2.01. The molecule has 0 aliphatic heterocycles. The van der Waals surface area contributed by atoms with Gasteiger partial charge < -0.3 is 0 Å². The maximum absolute atomic E-state index is 11.3. The van der Waals surface area contributed by atoms with E-state index >= 15 is 0 Å². The van der Waals surface area contributed by atoms with Gasteiger partial charge in [-0.3, -0.25) is 15.4 Å². The fourth-order valence-electron chi connectivity index (χ4n) is 2.94. The third-order valence-corrected chi connectivity index (χ3v) is 4.17. The largest absolute Gasteiger partial charge is 0.287 e. The maximum Gasteiger partial charge on any atom is 0.275 e. The predicted octanol–water partition coefficient (Wildman–Crippen LogP) is 4.54. The van der Waals surface area contributed by atoms with E-state index in [-0.39, 0.29) is 11.7 Å². The van der Waals surface area contributed by atoms with Crippen LogP contribution in [0.15, 0.2) is 84.9 Å². The van der Waals surface area contributed by atoms with E-state index in [9.17, 15) is 15.4 Å². The van der Waals surface area contributed by atoms with Crippen molar-refractivity contribution in [2.75, 3.05) is 0 Å². The van der Waals surface area contributed by atoms with E-state index in [0.717, 1.165) is 11.1 Å². The highest BCUT2D eigenvalue weighted by atomic mass is 16.6. The van der Waals surface area contributed by atoms with Gasteiger partial charge in [0.15, 0.2) is 0 Å². The summed E-state index contributed by atoms with van der Waals surface area (Å²) in [5, 5.41) is 24.3. The molecule has 3 aromatic rings. The van der Waals surface area contributed by atoms with Crippen LogP contribution in [0.5, 0.6) is 0 Å². The van der Waals surface area contributed by atoms with Crippen molar-refractivity contribution in [2.45, 2.75) is 12.1 Å². The molecule has 0 aliphatic carbocycles. The number of nitriles is 1. The van der Waals surface area contributed by atoms with Crippen LogP contribution in [-0.4, -0.2) is 4.92 Å². The predicted molar refractivity (Wildman–Crippen MR) is 99.3 cm³/mol. The molecule has 0 saturated carbocycles. The van der Waals surface area contributed by atoms with Gasteiger partial charge in [0.2, 0.25) is 0 Å². The molecule has 3 rings (SSSR count). The molecule has 0 aromatic heterocycles. The second-order valence-electron chi connectivity index (χ2n) is 5.80. The lowest BCUT2D eigenvalue weighted by Gasteiger charge is -2.23. The molecule has 0 spiro atoms. The van der Waals surface area contributed by atoms with E-state index in [2.05, 4.69) is 11.4 Å². The van der Waals surface area contributed by atoms with E-state index in [1.54, 1.807) is 18.2 Å². The van der Waals surface area contributed by atoms with Gasteiger partial charge in [-0.2, -0.15) is 5.26 Å². The molecule has 1 N–H and O–H groups in total. The van der Waals surface area contributed by atoms with Gasteiger partial charge in [0.1, 0.15) is 6.04 Å². The summed E-state index contributed by atoms with van der Waals surface area (Å²) in [6.07, 6.45) is 0. The van der Waals surface area contributed by atoms with Crippen molar-refractivity contribution in [3.05, 3.63) is 112 Å². The lowest BCUT2D eigenvalue weighted by atomic mass is 9.96. The average Bonchev–Trinajstić information content (AvgIpc) is 2.70. The highest BCUT2D eigenvalue weighted by molar-refractivity contribution is 5.45. The molecular weight excluding hydrogens is 326 g/mol. The first-order valence-corrected chi connectivity index (χ1v) is 8.19. The molecule has 1 unspecified atom stereocenters. The van der Waals surface area contributed by atoms with Crippen LogP contribution in [0.3, 0.4) is 0 Å². The smallest absolute Gasteiger partial charge is 0.275 e. The first-order chi connectivity index (χ1) is 12.7. The maximum atomic E-state index is 11.3. The summed E-state index contributed by atoms with van der Waals surface area (Å²) in [6, 6.07) is 26.9. The molecule has 0 heterocycles. The molecule has 0 bridgehead atoms. The van der Waals surface area contributed by atoms with Gasteiger partial charge in [-0.25, -0.2) is 0 Å². The van der Waals surface area contributed by atoms with E-state index in [4.69, 9.17) is 0 Å². The number of nitro benzene ring substituents is 1. The van der Waals surface area contributed by atoms with Crippen LogP contribution in [0.4, 0.5) is 5.69 Å². The zero-order chi connectivity index (χ0) is 18.4. The van der Waals surface area contributed by atoms with Crippen molar-refractivity contribution < 1.29 is 4.92 Å². The first kappa shape index (κ1) is 17.3. The summed E-state index contributed by atoms with van der Waals surface area (Å²) in [4.78, 5) is 10.9. The van der Waals surface area contributed by atoms with Gasteiger partial charge in [-0.1, -0.05) is 72.8 Å². The minimum Gasteiger partial charge on any atom is -0.287 e. The fraction of sp³-hybridized carbons (Fsp3) is 0.0952. The summed E-state index contributed by atoms with van der Waals surface area (Å²) in [7, 11) is 0. The van der Waals surface area contributed by atoms with Crippen LogP contribution in [0.2, 0.25) is 0 Å². The summed E-state index contributed by atoms with van der Waals surface area (Å²) < 4.78 is 0. The molecule has 26 heavy (non-hydrogen) atoms. The Kier molecular flexibility index (Phi) is 5.37. The van der Waals surface area contributed by atoms with E-state index < -0.39 is 11.0 Å². The summed E-state index contributed by atoms with van der Waals surface area (Å²) in [6.45, 7) is 0. The Labute approximate surface area is 151 Å². The molecule has 5 heteroatoms. The average molecular weight is 343 g/mol. The number of hydrogen-bond acceptors (Lipinski definition) is 4. The van der Waals surface area contributed by atoms with E-state index in [1.165, 1.54) is 6.07 Å². The molecule has 1 atom stereocenters. The second-order valence-corrected chi connectivity index (χ2v) is 5.80. The molecule has 0 fully saturated rings. The van der Waals surface area contributed by atoms with Crippen LogP contribution in [0, 0.1) is 21.4 Å². The van der Waals surface area contributed by atoms with Crippen molar-refractivity contribution >= 4 is 5.69 Å². The lowest BCUT2D eigenvalue weighted by molar-refractivity contribution is -0.385. The molecule has 0 aliphatic rings. The van der Waals surface area contributed by atoms with Gasteiger partial charge in [0, 0.05) is 6.07 Å². The highest BCUT2D eigenvalue weighted by Gasteiger charge is 2.25. The molecule has 0 amide bonds. The van der Waals surface area contributed by atoms with Crippen LogP contribution >= 0.6 is 0 Å². The van der Waals surface area contributed by atoms with Crippen LogP contribution in [0.1, 0.15) is 28.8 Å². The second kappa shape index (κ2) is 8.06. The first-order valence-electron chi connectivity index (χ1n) is 8.19. The zero-order valence-corrected chi connectivity index (χ0v) is 13.9. The fourth-order valence-corrected chi connectivity index (χ4v) is 2.94. The molecule has 3 aromatic carbocycles. The number of nitrogens with zero attached hydrogens (tertiary/aromatic N) is 2. The number of hydrogen-bond donors (Lipinski definition) is 1. The number of benzene rings is 3. The zero-order valence-electron chi connectivity index (χ0n) is 13.9. The molecular formula is C21H17N3O2. The van der Waals surface area contributed by atoms with Crippen molar-refractivity contribution in [3.63, 3.8) is 0 Å². The van der Waals surface area contributed by atoms with Gasteiger partial charge in [-0.05, 0) is 17.2 Å². The van der Waals surface area contributed by atoms with Gasteiger partial charge in [0.25, 0.3) is 5.69 Å². The van der Waals surface area contributed by atoms with E-state index in [1.807, 2.05) is 60.7 Å². The van der Waals surface area contributed by atoms with Gasteiger partial charge in [0.05, 0.1) is 22.6 Å². The Bertz CT molecular complexity index is 881. The van der Waals surface area contributed by atoms with Crippen LogP contribution in [0.25, 0.3) is 0 Å². The Morgan fingerprint density at radius 3 is 1.85 bits per heavy atom. The highest BCUT2D eigenvalue weighted by Crippen LogP contribution is 2.29.